The van der Waals surface area contributed by atoms with E-state index >= 15 is 0 Å². The molecule has 2 N–H and O–H groups in total. The van der Waals surface area contributed by atoms with Crippen molar-refractivity contribution in [3.05, 3.63) is 47.5 Å². The van der Waals surface area contributed by atoms with E-state index < -0.39 is 0 Å². The van der Waals surface area contributed by atoms with E-state index in [0.29, 0.717) is 42.4 Å². The fourth-order valence-electron chi connectivity index (χ4n) is 4.45. The van der Waals surface area contributed by atoms with Crippen molar-refractivity contribution in [1.82, 2.24) is 0 Å². The normalized spacial score (nSPS) is 12.5. The maximum Gasteiger partial charge on any atom is 0.128 e. The van der Waals surface area contributed by atoms with E-state index in [9.17, 15) is 10.2 Å². The molecule has 0 radical (unpaired) electrons. The Kier molecular flexibility index (Phi) is 17.3. The number of rotatable bonds is 22. The SMILES string of the molecule is CCCCCCCCOc1ccc(C=NC[C@@H](N=Cc2ccc(OCCCCCCCC)cc2O)C(C)C)c(O)c1. The van der Waals surface area contributed by atoms with Crippen molar-refractivity contribution in [2.24, 2.45) is 15.9 Å². The van der Waals surface area contributed by atoms with Gasteiger partial charge in [-0.2, -0.15) is 0 Å². The molecule has 6 nitrogen and oxygen atoms in total. The minimum absolute atomic E-state index is 0.0589. The molecule has 2 aromatic carbocycles. The highest BCUT2D eigenvalue weighted by Gasteiger charge is 2.11. The maximum atomic E-state index is 10.5. The number of nitrogens with zero attached hydrogens (tertiary/aromatic N) is 2. The van der Waals surface area contributed by atoms with Crippen LogP contribution >= 0.6 is 0 Å². The van der Waals surface area contributed by atoms with Gasteiger partial charge in [0.15, 0.2) is 0 Å². The zero-order valence-electron chi connectivity index (χ0n) is 26.0. The number of unbranched alkanes of at least 4 members (excludes halogenated alkanes) is 10. The van der Waals surface area contributed by atoms with Crippen LogP contribution in [0.15, 0.2) is 46.4 Å². The third-order valence-corrected chi connectivity index (χ3v) is 7.23. The Balaban J connectivity index is 1.82. The zero-order chi connectivity index (χ0) is 29.7. The molecule has 0 saturated heterocycles. The van der Waals surface area contributed by atoms with Crippen molar-refractivity contribution in [1.29, 1.82) is 0 Å². The maximum absolute atomic E-state index is 10.5. The summed E-state index contributed by atoms with van der Waals surface area (Å²) in [5.41, 5.74) is 1.30. The lowest BCUT2D eigenvalue weighted by Crippen LogP contribution is -2.17. The van der Waals surface area contributed by atoms with Crippen LogP contribution < -0.4 is 9.47 Å². The number of phenolic OH excluding ortho intramolecular Hbond substituents is 2. The Morgan fingerprint density at radius 2 is 1.12 bits per heavy atom. The van der Waals surface area contributed by atoms with Gasteiger partial charge >= 0.3 is 0 Å². The van der Waals surface area contributed by atoms with Gasteiger partial charge in [-0.15, -0.1) is 0 Å². The van der Waals surface area contributed by atoms with Gasteiger partial charge in [0.05, 0.1) is 25.8 Å². The van der Waals surface area contributed by atoms with Crippen LogP contribution in [-0.4, -0.2) is 48.4 Å². The number of hydrogen-bond donors (Lipinski definition) is 2. The molecule has 228 valence electrons. The molecular weight excluding hydrogens is 512 g/mol. The highest BCUT2D eigenvalue weighted by Crippen LogP contribution is 2.24. The summed E-state index contributed by atoms with van der Waals surface area (Å²) in [6, 6.07) is 10.7. The Bertz CT molecular complexity index is 1030. The van der Waals surface area contributed by atoms with Crippen LogP contribution in [0.1, 0.15) is 116 Å². The fourth-order valence-corrected chi connectivity index (χ4v) is 4.45. The van der Waals surface area contributed by atoms with Crippen LogP contribution in [0.2, 0.25) is 0 Å². The van der Waals surface area contributed by atoms with Crippen molar-refractivity contribution in [2.45, 2.75) is 111 Å². The summed E-state index contributed by atoms with van der Waals surface area (Å²) in [6.07, 6.45) is 18.0. The summed E-state index contributed by atoms with van der Waals surface area (Å²) in [5.74, 6) is 1.93. The van der Waals surface area contributed by atoms with Crippen molar-refractivity contribution in [2.75, 3.05) is 19.8 Å². The summed E-state index contributed by atoms with van der Waals surface area (Å²) in [6.45, 7) is 10.5. The molecule has 0 unspecified atom stereocenters. The Morgan fingerprint density at radius 1 is 0.659 bits per heavy atom. The standard InChI is InChI=1S/C35H54N2O4/c1-5-7-9-11-13-15-21-40-31-19-17-29(34(38)23-31)25-36-27-33(28(3)4)37-26-30-18-20-32(24-35(30)39)41-22-16-14-12-10-8-6-2/h17-20,23-26,28,33,38-39H,5-16,21-22,27H2,1-4H3/t33-/m1/s1. The van der Waals surface area contributed by atoms with Crippen molar-refractivity contribution in [3.8, 4) is 23.0 Å². The van der Waals surface area contributed by atoms with E-state index in [0.717, 1.165) is 12.8 Å². The molecular formula is C35H54N2O4. The monoisotopic (exact) mass is 566 g/mol. The molecule has 0 aromatic heterocycles. The van der Waals surface area contributed by atoms with Gasteiger partial charge in [0.25, 0.3) is 0 Å². The Labute approximate surface area is 248 Å². The number of hydrogen-bond acceptors (Lipinski definition) is 6. The predicted molar refractivity (Wildman–Crippen MR) is 173 cm³/mol. The molecule has 2 rings (SSSR count). The molecule has 0 aliphatic heterocycles. The lowest BCUT2D eigenvalue weighted by atomic mass is 10.1. The number of aliphatic imine (C=N–C) groups is 2. The number of benzene rings is 2. The second kappa shape index (κ2) is 20.8. The lowest BCUT2D eigenvalue weighted by molar-refractivity contribution is 0.302. The van der Waals surface area contributed by atoms with Crippen LogP contribution in [-0.2, 0) is 0 Å². The van der Waals surface area contributed by atoms with Crippen LogP contribution in [0.25, 0.3) is 0 Å². The quantitative estimate of drug-likeness (QED) is 0.110. The minimum Gasteiger partial charge on any atom is -0.507 e. The topological polar surface area (TPSA) is 83.6 Å². The molecule has 0 heterocycles. The molecule has 0 amide bonds. The molecule has 0 aliphatic carbocycles. The van der Waals surface area contributed by atoms with Crippen LogP contribution in [0.4, 0.5) is 0 Å². The van der Waals surface area contributed by atoms with E-state index in [1.54, 1.807) is 24.6 Å². The molecule has 0 fully saturated rings. The van der Waals surface area contributed by atoms with Crippen LogP contribution in [0, 0.1) is 5.92 Å². The number of phenols is 2. The first kappa shape index (κ1) is 34.2. The summed E-state index contributed by atoms with van der Waals surface area (Å²) in [7, 11) is 0. The number of aromatic hydroxyl groups is 2. The van der Waals surface area contributed by atoms with E-state index in [-0.39, 0.29) is 23.5 Å². The summed E-state index contributed by atoms with van der Waals surface area (Å²) >= 11 is 0. The second-order valence-corrected chi connectivity index (χ2v) is 11.3. The fraction of sp³-hybridized carbons (Fsp3) is 0.600. The van der Waals surface area contributed by atoms with E-state index in [1.807, 2.05) is 24.3 Å². The highest BCUT2D eigenvalue weighted by atomic mass is 16.5. The van der Waals surface area contributed by atoms with Crippen molar-refractivity contribution >= 4 is 12.4 Å². The van der Waals surface area contributed by atoms with Crippen molar-refractivity contribution < 1.29 is 19.7 Å². The predicted octanol–water partition coefficient (Wildman–Crippen LogP) is 9.14. The Hall–Kier alpha value is -3.02. The summed E-state index contributed by atoms with van der Waals surface area (Å²) in [4.78, 5) is 9.26. The van der Waals surface area contributed by atoms with Gasteiger partial charge in [-0.25, -0.2) is 0 Å². The highest BCUT2D eigenvalue weighted by molar-refractivity contribution is 5.84. The van der Waals surface area contributed by atoms with Gasteiger partial charge in [0.2, 0.25) is 0 Å². The van der Waals surface area contributed by atoms with E-state index in [4.69, 9.17) is 14.5 Å². The van der Waals surface area contributed by atoms with Gasteiger partial charge < -0.3 is 19.7 Å². The lowest BCUT2D eigenvalue weighted by Gasteiger charge is -2.14. The van der Waals surface area contributed by atoms with E-state index in [2.05, 4.69) is 32.7 Å². The average molecular weight is 567 g/mol. The summed E-state index contributed by atoms with van der Waals surface area (Å²) < 4.78 is 11.6. The molecule has 1 atom stereocenters. The van der Waals surface area contributed by atoms with Gasteiger partial charge in [-0.3, -0.25) is 9.98 Å². The molecule has 41 heavy (non-hydrogen) atoms. The minimum atomic E-state index is -0.0589. The second-order valence-electron chi connectivity index (χ2n) is 11.3. The van der Waals surface area contributed by atoms with Crippen molar-refractivity contribution in [3.63, 3.8) is 0 Å². The molecule has 6 heteroatoms. The molecule has 2 aromatic rings. The molecule has 0 spiro atoms. The summed E-state index contributed by atoms with van der Waals surface area (Å²) in [5, 5.41) is 20.9. The zero-order valence-corrected chi connectivity index (χ0v) is 26.0. The third-order valence-electron chi connectivity index (χ3n) is 7.23. The largest absolute Gasteiger partial charge is 0.507 e. The smallest absolute Gasteiger partial charge is 0.128 e. The van der Waals surface area contributed by atoms with Gasteiger partial charge in [0.1, 0.15) is 23.0 Å². The molecule has 0 saturated carbocycles. The first-order chi connectivity index (χ1) is 19.9. The molecule has 0 bridgehead atoms. The first-order valence-electron chi connectivity index (χ1n) is 15.9. The van der Waals surface area contributed by atoms with Gasteiger partial charge in [-0.05, 0) is 43.0 Å². The van der Waals surface area contributed by atoms with Gasteiger partial charge in [0, 0.05) is 35.7 Å². The van der Waals surface area contributed by atoms with E-state index in [1.165, 1.54) is 64.2 Å². The Morgan fingerprint density at radius 3 is 1.59 bits per heavy atom. The third kappa shape index (κ3) is 14.4. The van der Waals surface area contributed by atoms with Gasteiger partial charge in [-0.1, -0.05) is 91.9 Å². The van der Waals surface area contributed by atoms with Crippen LogP contribution in [0.3, 0.4) is 0 Å². The number of ether oxygens (including phenoxy) is 2. The molecule has 0 aliphatic rings. The average Bonchev–Trinajstić information content (AvgIpc) is 2.95. The first-order valence-corrected chi connectivity index (χ1v) is 15.9. The van der Waals surface area contributed by atoms with Crippen LogP contribution in [0.5, 0.6) is 23.0 Å².